The zero-order chi connectivity index (χ0) is 13.1. The first-order chi connectivity index (χ1) is 8.59. The third-order valence-electron chi connectivity index (χ3n) is 2.68. The summed E-state index contributed by atoms with van der Waals surface area (Å²) >= 11 is 5.92. The second-order valence-corrected chi connectivity index (χ2v) is 4.38. The van der Waals surface area contributed by atoms with Gasteiger partial charge >= 0.3 is 0 Å². The Morgan fingerprint density at radius 3 is 2.89 bits per heavy atom. The van der Waals surface area contributed by atoms with Crippen molar-refractivity contribution in [3.8, 4) is 0 Å². The number of aromatic nitrogens is 1. The van der Waals surface area contributed by atoms with Crippen LogP contribution in [0.5, 0.6) is 0 Å². The number of halogens is 2. The Balaban J connectivity index is 2.24. The predicted octanol–water partition coefficient (Wildman–Crippen LogP) is 3.09. The summed E-state index contributed by atoms with van der Waals surface area (Å²) in [6.45, 7) is 0.477. The molecule has 94 valence electrons. The Labute approximate surface area is 110 Å². The molecule has 2 aromatic rings. The molecule has 0 bridgehead atoms. The average molecular weight is 266 g/mol. The first-order valence-corrected chi connectivity index (χ1v) is 5.81. The molecule has 0 unspecified atom stereocenters. The number of nitrogens with two attached hydrogens (primary N) is 1. The number of nitrogen functional groups attached to an aromatic ring is 1. The fraction of sp³-hybridized carbons (Fsp3) is 0.154. The summed E-state index contributed by atoms with van der Waals surface area (Å²) in [6.07, 6.45) is 3.24. The Bertz CT molecular complexity index is 560. The van der Waals surface area contributed by atoms with E-state index >= 15 is 0 Å². The van der Waals surface area contributed by atoms with Gasteiger partial charge in [-0.25, -0.2) is 4.39 Å². The van der Waals surface area contributed by atoms with Crippen molar-refractivity contribution in [1.29, 1.82) is 0 Å². The fourth-order valence-electron chi connectivity index (χ4n) is 1.76. The second kappa shape index (κ2) is 5.23. The highest BCUT2D eigenvalue weighted by Gasteiger charge is 2.10. The molecule has 5 heteroatoms. The zero-order valence-electron chi connectivity index (χ0n) is 9.90. The lowest BCUT2D eigenvalue weighted by Crippen LogP contribution is -2.18. The van der Waals surface area contributed by atoms with Gasteiger partial charge in [0, 0.05) is 19.8 Å². The summed E-state index contributed by atoms with van der Waals surface area (Å²) in [5, 5.41) is 0.150. The maximum Gasteiger partial charge on any atom is 0.142 e. The van der Waals surface area contributed by atoms with E-state index in [-0.39, 0.29) is 5.02 Å². The largest absolute Gasteiger partial charge is 0.396 e. The lowest BCUT2D eigenvalue weighted by molar-refractivity contribution is 0.625. The van der Waals surface area contributed by atoms with Crippen molar-refractivity contribution in [3.05, 3.63) is 53.1 Å². The minimum atomic E-state index is -0.412. The van der Waals surface area contributed by atoms with Crippen molar-refractivity contribution in [2.45, 2.75) is 6.54 Å². The number of benzene rings is 1. The van der Waals surface area contributed by atoms with E-state index in [0.29, 0.717) is 12.2 Å². The van der Waals surface area contributed by atoms with Crippen LogP contribution < -0.4 is 10.6 Å². The van der Waals surface area contributed by atoms with Gasteiger partial charge in [0.05, 0.1) is 22.6 Å². The van der Waals surface area contributed by atoms with Crippen LogP contribution in [0.4, 0.5) is 15.8 Å². The van der Waals surface area contributed by atoms with Crippen molar-refractivity contribution in [1.82, 2.24) is 4.98 Å². The Morgan fingerprint density at radius 1 is 1.39 bits per heavy atom. The van der Waals surface area contributed by atoms with Crippen LogP contribution in [0.1, 0.15) is 5.56 Å². The summed E-state index contributed by atoms with van der Waals surface area (Å²) in [7, 11) is 1.87. The van der Waals surface area contributed by atoms with Gasteiger partial charge in [-0.3, -0.25) is 4.98 Å². The number of nitrogens with zero attached hydrogens (tertiary/aromatic N) is 2. The molecule has 1 aromatic carbocycles. The van der Waals surface area contributed by atoms with E-state index in [1.807, 2.05) is 18.0 Å². The van der Waals surface area contributed by atoms with E-state index in [1.54, 1.807) is 24.5 Å². The van der Waals surface area contributed by atoms with E-state index in [4.69, 9.17) is 17.3 Å². The van der Waals surface area contributed by atoms with Crippen molar-refractivity contribution >= 4 is 23.0 Å². The van der Waals surface area contributed by atoms with E-state index in [9.17, 15) is 4.39 Å². The monoisotopic (exact) mass is 265 g/mol. The van der Waals surface area contributed by atoms with Crippen LogP contribution in [0.2, 0.25) is 5.02 Å². The summed E-state index contributed by atoms with van der Waals surface area (Å²) in [5.41, 5.74) is 7.96. The normalized spacial score (nSPS) is 10.4. The highest BCUT2D eigenvalue weighted by molar-refractivity contribution is 6.31. The van der Waals surface area contributed by atoms with Crippen molar-refractivity contribution < 1.29 is 4.39 Å². The van der Waals surface area contributed by atoms with Gasteiger partial charge in [-0.1, -0.05) is 23.7 Å². The van der Waals surface area contributed by atoms with Gasteiger partial charge < -0.3 is 10.6 Å². The first kappa shape index (κ1) is 12.6. The van der Waals surface area contributed by atoms with E-state index < -0.39 is 5.82 Å². The predicted molar refractivity (Wildman–Crippen MR) is 72.2 cm³/mol. The summed E-state index contributed by atoms with van der Waals surface area (Å²) < 4.78 is 13.3. The summed E-state index contributed by atoms with van der Waals surface area (Å²) in [5.74, 6) is -0.412. The van der Waals surface area contributed by atoms with E-state index in [2.05, 4.69) is 4.98 Å². The molecule has 3 nitrogen and oxygen atoms in total. The van der Waals surface area contributed by atoms with Gasteiger partial charge in [0.2, 0.25) is 0 Å². The van der Waals surface area contributed by atoms with Crippen molar-refractivity contribution in [2.75, 3.05) is 17.7 Å². The molecule has 0 radical (unpaired) electrons. The third-order valence-corrected chi connectivity index (χ3v) is 3.10. The van der Waals surface area contributed by atoms with Crippen LogP contribution in [0.25, 0.3) is 0 Å². The molecule has 0 saturated heterocycles. The van der Waals surface area contributed by atoms with Gasteiger partial charge in [0.25, 0.3) is 0 Å². The van der Waals surface area contributed by atoms with E-state index in [0.717, 1.165) is 11.3 Å². The lowest BCUT2D eigenvalue weighted by atomic mass is 10.2. The van der Waals surface area contributed by atoms with Crippen LogP contribution in [0.3, 0.4) is 0 Å². The number of hydrogen-bond donors (Lipinski definition) is 1. The highest BCUT2D eigenvalue weighted by atomic mass is 35.5. The Hall–Kier alpha value is -1.81. The molecule has 0 spiro atoms. The van der Waals surface area contributed by atoms with Crippen molar-refractivity contribution in [3.63, 3.8) is 0 Å². The van der Waals surface area contributed by atoms with Crippen molar-refractivity contribution in [2.24, 2.45) is 0 Å². The molecule has 18 heavy (non-hydrogen) atoms. The Kier molecular flexibility index (Phi) is 3.67. The molecule has 1 aromatic heterocycles. The standard InChI is InChI=1S/C13H13ClFN3/c1-18(12-5-6-17-7-11(12)16)8-9-3-2-4-10(15)13(9)14/h2-7H,8,16H2,1H3. The molecule has 0 aliphatic carbocycles. The highest BCUT2D eigenvalue weighted by Crippen LogP contribution is 2.25. The van der Waals surface area contributed by atoms with Crippen LogP contribution in [-0.2, 0) is 6.54 Å². The number of anilines is 2. The molecule has 0 aliphatic heterocycles. The molecule has 0 aliphatic rings. The molecule has 0 amide bonds. The molecular weight excluding hydrogens is 253 g/mol. The second-order valence-electron chi connectivity index (χ2n) is 4.00. The van der Waals surface area contributed by atoms with Crippen LogP contribution in [0, 0.1) is 5.82 Å². The molecule has 0 fully saturated rings. The summed E-state index contributed by atoms with van der Waals surface area (Å²) in [6, 6.07) is 6.58. The number of pyridine rings is 1. The minimum Gasteiger partial charge on any atom is -0.396 e. The van der Waals surface area contributed by atoms with Crippen LogP contribution >= 0.6 is 11.6 Å². The lowest BCUT2D eigenvalue weighted by Gasteiger charge is -2.21. The van der Waals surface area contributed by atoms with Crippen LogP contribution in [-0.4, -0.2) is 12.0 Å². The molecule has 2 rings (SSSR count). The molecule has 0 atom stereocenters. The van der Waals surface area contributed by atoms with Gasteiger partial charge in [0.1, 0.15) is 5.82 Å². The fourth-order valence-corrected chi connectivity index (χ4v) is 1.94. The van der Waals surface area contributed by atoms with E-state index in [1.165, 1.54) is 6.07 Å². The first-order valence-electron chi connectivity index (χ1n) is 5.43. The molecule has 1 heterocycles. The van der Waals surface area contributed by atoms with Gasteiger partial charge in [-0.2, -0.15) is 0 Å². The van der Waals surface area contributed by atoms with Gasteiger partial charge in [-0.15, -0.1) is 0 Å². The average Bonchev–Trinajstić information content (AvgIpc) is 2.35. The zero-order valence-corrected chi connectivity index (χ0v) is 10.7. The SMILES string of the molecule is CN(Cc1cccc(F)c1Cl)c1ccncc1N. The maximum absolute atomic E-state index is 13.3. The topological polar surface area (TPSA) is 42.2 Å². The molecule has 2 N–H and O–H groups in total. The van der Waals surface area contributed by atoms with Gasteiger partial charge in [-0.05, 0) is 17.7 Å². The van der Waals surface area contributed by atoms with Crippen LogP contribution in [0.15, 0.2) is 36.7 Å². The number of hydrogen-bond acceptors (Lipinski definition) is 3. The number of rotatable bonds is 3. The maximum atomic E-state index is 13.3. The molecule has 0 saturated carbocycles. The Morgan fingerprint density at radius 2 is 2.17 bits per heavy atom. The summed E-state index contributed by atoms with van der Waals surface area (Å²) in [4.78, 5) is 5.83. The van der Waals surface area contributed by atoms with Gasteiger partial charge in [0.15, 0.2) is 0 Å². The third kappa shape index (κ3) is 2.54. The minimum absolute atomic E-state index is 0.150. The smallest absolute Gasteiger partial charge is 0.142 e. The molecular formula is C13H13ClFN3. The quantitative estimate of drug-likeness (QED) is 0.927.